The molecular weight excluding hydrogens is 438 g/mol. The summed E-state index contributed by atoms with van der Waals surface area (Å²) in [5.74, 6) is 0.585. The second-order valence-corrected chi connectivity index (χ2v) is 10.8. The van der Waals surface area contributed by atoms with Gasteiger partial charge in [-0.25, -0.2) is 4.52 Å². The number of rotatable bonds is 5. The van der Waals surface area contributed by atoms with E-state index in [1.165, 1.54) is 11.3 Å². The van der Waals surface area contributed by atoms with Crippen molar-refractivity contribution < 1.29 is 4.74 Å². The molecule has 0 aliphatic carbocycles. The summed E-state index contributed by atoms with van der Waals surface area (Å²) in [6, 6.07) is 17.2. The van der Waals surface area contributed by atoms with Crippen LogP contribution in [0.1, 0.15) is 31.0 Å². The highest BCUT2D eigenvalue weighted by molar-refractivity contribution is 5.74. The maximum absolute atomic E-state index is 9.39. The summed E-state index contributed by atoms with van der Waals surface area (Å²) in [5, 5.41) is 13.7. The highest BCUT2D eigenvalue weighted by Gasteiger charge is 2.36. The summed E-state index contributed by atoms with van der Waals surface area (Å²) < 4.78 is 8.06. The molecule has 6 rings (SSSR count). The van der Waals surface area contributed by atoms with E-state index in [2.05, 4.69) is 64.0 Å². The molecule has 35 heavy (non-hydrogen) atoms. The van der Waals surface area contributed by atoms with Crippen LogP contribution in [0.25, 0.3) is 5.52 Å². The third kappa shape index (κ3) is 4.25. The topological polar surface area (TPSA) is 86.1 Å². The van der Waals surface area contributed by atoms with E-state index in [1.807, 2.05) is 18.2 Å². The Labute approximate surface area is 206 Å². The molecule has 0 saturated carbocycles. The van der Waals surface area contributed by atoms with Crippen molar-refractivity contribution in [2.24, 2.45) is 5.73 Å². The average molecular weight is 472 g/mol. The van der Waals surface area contributed by atoms with E-state index in [0.717, 1.165) is 57.0 Å². The van der Waals surface area contributed by atoms with Gasteiger partial charge in [0.15, 0.2) is 0 Å². The molecule has 2 N–H and O–H groups in total. The van der Waals surface area contributed by atoms with Gasteiger partial charge in [0.1, 0.15) is 11.8 Å². The van der Waals surface area contributed by atoms with Crippen LogP contribution in [-0.2, 0) is 4.74 Å². The molecule has 1 aromatic carbocycles. The largest absolute Gasteiger partial charge is 0.370 e. The van der Waals surface area contributed by atoms with Crippen LogP contribution in [0.4, 0.5) is 11.4 Å². The lowest BCUT2D eigenvalue weighted by Gasteiger charge is -2.47. The van der Waals surface area contributed by atoms with Gasteiger partial charge in [-0.15, -0.1) is 0 Å². The van der Waals surface area contributed by atoms with Gasteiger partial charge in [-0.1, -0.05) is 12.1 Å². The first-order valence-corrected chi connectivity index (χ1v) is 12.5. The number of nitrogens with two attached hydrogens (primary N) is 1. The number of nitriles is 1. The maximum atomic E-state index is 9.39. The van der Waals surface area contributed by atoms with Gasteiger partial charge in [0, 0.05) is 63.0 Å². The van der Waals surface area contributed by atoms with E-state index < -0.39 is 0 Å². The third-order valence-corrected chi connectivity index (χ3v) is 7.57. The molecule has 3 aromatic rings. The van der Waals surface area contributed by atoms with Crippen LogP contribution in [0.2, 0.25) is 0 Å². The molecule has 3 aliphatic heterocycles. The van der Waals surface area contributed by atoms with Crippen LogP contribution in [0.15, 0.2) is 48.7 Å². The molecule has 0 radical (unpaired) electrons. The van der Waals surface area contributed by atoms with Gasteiger partial charge in [-0.2, -0.15) is 10.4 Å². The van der Waals surface area contributed by atoms with Crippen LogP contribution in [0, 0.1) is 11.3 Å². The van der Waals surface area contributed by atoms with Gasteiger partial charge in [-0.05, 0) is 49.7 Å². The Kier molecular flexibility index (Phi) is 5.44. The van der Waals surface area contributed by atoms with Gasteiger partial charge >= 0.3 is 0 Å². The zero-order valence-corrected chi connectivity index (χ0v) is 20.5. The quantitative estimate of drug-likeness (QED) is 0.612. The van der Waals surface area contributed by atoms with E-state index in [4.69, 9.17) is 10.5 Å². The Balaban J connectivity index is 1.06. The summed E-state index contributed by atoms with van der Waals surface area (Å²) in [4.78, 5) is 7.23. The number of ether oxygens (including phenoxy) is 1. The van der Waals surface area contributed by atoms with Crippen molar-refractivity contribution in [3.05, 3.63) is 59.9 Å². The van der Waals surface area contributed by atoms with Crippen molar-refractivity contribution in [1.29, 1.82) is 5.26 Å². The number of fused-ring (bicyclic) bond motifs is 1. The second-order valence-electron chi connectivity index (χ2n) is 10.8. The Bertz CT molecular complexity index is 1250. The number of hydrogen-bond donors (Lipinski definition) is 1. The first-order valence-electron chi connectivity index (χ1n) is 12.5. The van der Waals surface area contributed by atoms with Crippen molar-refractivity contribution in [1.82, 2.24) is 14.5 Å². The highest BCUT2D eigenvalue weighted by atomic mass is 16.5. The second kappa shape index (κ2) is 8.52. The number of anilines is 2. The Morgan fingerprint density at radius 1 is 1.06 bits per heavy atom. The number of hydrogen-bond acceptors (Lipinski definition) is 7. The first-order chi connectivity index (χ1) is 16.9. The minimum Gasteiger partial charge on any atom is -0.370 e. The van der Waals surface area contributed by atoms with Crippen molar-refractivity contribution in [3.63, 3.8) is 0 Å². The Hall–Kier alpha value is -3.12. The highest BCUT2D eigenvalue weighted by Crippen LogP contribution is 2.32. The molecule has 3 saturated heterocycles. The van der Waals surface area contributed by atoms with Crippen molar-refractivity contribution >= 4 is 16.9 Å². The van der Waals surface area contributed by atoms with Gasteiger partial charge in [0.25, 0.3) is 0 Å². The van der Waals surface area contributed by atoms with E-state index in [9.17, 15) is 5.26 Å². The lowest BCUT2D eigenvalue weighted by atomic mass is 9.89. The van der Waals surface area contributed by atoms with E-state index in [1.54, 1.807) is 10.7 Å². The molecule has 0 amide bonds. The molecule has 5 heterocycles. The minimum absolute atomic E-state index is 0.0492. The molecule has 2 unspecified atom stereocenters. The van der Waals surface area contributed by atoms with Crippen LogP contribution >= 0.6 is 0 Å². The lowest BCUT2D eigenvalue weighted by molar-refractivity contribution is -0.0435. The van der Waals surface area contributed by atoms with E-state index in [-0.39, 0.29) is 17.7 Å². The molecule has 0 bridgehead atoms. The normalized spacial score (nSPS) is 24.7. The number of likely N-dealkylation sites (tertiary alicyclic amines) is 1. The van der Waals surface area contributed by atoms with Crippen LogP contribution in [-0.4, -0.2) is 78.1 Å². The molecule has 3 fully saturated rings. The summed E-state index contributed by atoms with van der Waals surface area (Å²) in [6.45, 7) is 10.8. The number of nitrogens with zero attached hydrogens (tertiary/aromatic N) is 6. The molecule has 2 aromatic heterocycles. The van der Waals surface area contributed by atoms with E-state index >= 15 is 0 Å². The Morgan fingerprint density at radius 3 is 2.54 bits per heavy atom. The molecular formula is C27H33N7O. The van der Waals surface area contributed by atoms with Crippen molar-refractivity contribution in [2.45, 2.75) is 37.5 Å². The summed E-state index contributed by atoms with van der Waals surface area (Å²) in [6.07, 6.45) is 2.05. The number of benzene rings is 1. The van der Waals surface area contributed by atoms with Gasteiger partial charge in [0.05, 0.1) is 29.6 Å². The zero-order chi connectivity index (χ0) is 24.2. The molecule has 8 heteroatoms. The smallest absolute Gasteiger partial charge is 0.142 e. The zero-order valence-electron chi connectivity index (χ0n) is 20.5. The molecule has 0 spiro atoms. The summed E-state index contributed by atoms with van der Waals surface area (Å²) >= 11 is 0. The number of morpholine rings is 1. The predicted molar refractivity (Wildman–Crippen MR) is 137 cm³/mol. The standard InChI is InChI=1S/C27H33N7O/c1-19-12-32(25-8-7-23(11-28)34-26(25)9-10-30-34)16-24(35-19)15-31-13-21(14-31)20-3-5-22(6-4-20)33-17-27(2,29)18-33/h3-10,19,21,24H,12-18,29H2,1-2H3. The molecule has 3 aliphatic rings. The third-order valence-electron chi connectivity index (χ3n) is 7.57. The molecule has 2 atom stereocenters. The molecule has 8 nitrogen and oxygen atoms in total. The van der Waals surface area contributed by atoms with Crippen LogP contribution < -0.4 is 15.5 Å². The fraction of sp³-hybridized carbons (Fsp3) is 0.481. The minimum atomic E-state index is -0.0492. The fourth-order valence-electron chi connectivity index (χ4n) is 5.88. The first kappa shape index (κ1) is 22.4. The summed E-state index contributed by atoms with van der Waals surface area (Å²) in [5.41, 5.74) is 11.4. The predicted octanol–water partition coefficient (Wildman–Crippen LogP) is 2.44. The Morgan fingerprint density at radius 2 is 1.83 bits per heavy atom. The van der Waals surface area contributed by atoms with Gasteiger partial charge in [0.2, 0.25) is 0 Å². The van der Waals surface area contributed by atoms with Crippen molar-refractivity contribution in [3.8, 4) is 6.07 Å². The van der Waals surface area contributed by atoms with Crippen LogP contribution in [0.3, 0.4) is 0 Å². The molecule has 182 valence electrons. The monoisotopic (exact) mass is 471 g/mol. The van der Waals surface area contributed by atoms with Crippen LogP contribution in [0.5, 0.6) is 0 Å². The van der Waals surface area contributed by atoms with Gasteiger partial charge < -0.3 is 20.3 Å². The average Bonchev–Trinajstić information content (AvgIpc) is 3.29. The fourth-order valence-corrected chi connectivity index (χ4v) is 5.88. The maximum Gasteiger partial charge on any atom is 0.142 e. The van der Waals surface area contributed by atoms with Gasteiger partial charge in [-0.3, -0.25) is 4.90 Å². The number of pyridine rings is 1. The summed E-state index contributed by atoms with van der Waals surface area (Å²) in [7, 11) is 0. The SMILES string of the molecule is CC1CN(c2ccc(C#N)n3nccc23)CC(CN2CC(c3ccc(N4CC(C)(N)C4)cc3)C2)O1. The number of aromatic nitrogens is 2. The lowest BCUT2D eigenvalue weighted by Crippen LogP contribution is -2.65. The van der Waals surface area contributed by atoms with E-state index in [0.29, 0.717) is 11.6 Å². The van der Waals surface area contributed by atoms with Crippen molar-refractivity contribution in [2.75, 3.05) is 55.6 Å².